The minimum atomic E-state index is 0.167. The second-order valence-electron chi connectivity index (χ2n) is 4.25. The van der Waals surface area contributed by atoms with Crippen LogP contribution in [0, 0.1) is 0 Å². The highest BCUT2D eigenvalue weighted by Crippen LogP contribution is 2.29. The number of pyridine rings is 1. The highest BCUT2D eigenvalue weighted by molar-refractivity contribution is 6.31. The van der Waals surface area contributed by atoms with E-state index in [2.05, 4.69) is 16.8 Å². The molecule has 0 aliphatic rings. The molecule has 0 fully saturated rings. The van der Waals surface area contributed by atoms with E-state index in [-0.39, 0.29) is 6.04 Å². The molecular weight excluding hydrogens is 246 g/mol. The van der Waals surface area contributed by atoms with E-state index in [1.807, 2.05) is 43.4 Å². The zero-order valence-electron chi connectivity index (χ0n) is 10.5. The number of halogens is 1. The Morgan fingerprint density at radius 1 is 1.28 bits per heavy atom. The lowest BCUT2D eigenvalue weighted by Crippen LogP contribution is -2.22. The van der Waals surface area contributed by atoms with Crippen LogP contribution in [-0.4, -0.2) is 12.0 Å². The van der Waals surface area contributed by atoms with E-state index in [1.54, 1.807) is 6.20 Å². The van der Waals surface area contributed by atoms with Crippen molar-refractivity contribution in [3.8, 4) is 0 Å². The average Bonchev–Trinajstić information content (AvgIpc) is 2.37. The van der Waals surface area contributed by atoms with Gasteiger partial charge in [-0.3, -0.25) is 0 Å². The Morgan fingerprint density at radius 2 is 2.00 bits per heavy atom. The number of benzene rings is 1. The van der Waals surface area contributed by atoms with Crippen LogP contribution < -0.4 is 10.6 Å². The molecule has 0 aliphatic heterocycles. The van der Waals surface area contributed by atoms with Gasteiger partial charge in [0.1, 0.15) is 5.82 Å². The summed E-state index contributed by atoms with van der Waals surface area (Å²) in [6, 6.07) is 11.8. The van der Waals surface area contributed by atoms with Gasteiger partial charge in [0, 0.05) is 30.0 Å². The summed E-state index contributed by atoms with van der Waals surface area (Å²) in [5, 5.41) is 0.777. The maximum absolute atomic E-state index is 6.22. The summed E-state index contributed by atoms with van der Waals surface area (Å²) < 4.78 is 0. The summed E-state index contributed by atoms with van der Waals surface area (Å²) in [5.74, 6) is 0.519. The molecule has 0 radical (unpaired) electrons. The number of nitrogens with zero attached hydrogens (tertiary/aromatic N) is 2. The Hall–Kier alpha value is -1.74. The highest BCUT2D eigenvalue weighted by atomic mass is 35.5. The Morgan fingerprint density at radius 3 is 2.67 bits per heavy atom. The van der Waals surface area contributed by atoms with E-state index < -0.39 is 0 Å². The van der Waals surface area contributed by atoms with Gasteiger partial charge < -0.3 is 10.6 Å². The Balaban J connectivity index is 2.29. The van der Waals surface area contributed by atoms with Crippen LogP contribution in [0.15, 0.2) is 42.6 Å². The fourth-order valence-electron chi connectivity index (χ4n) is 1.90. The first-order valence-electron chi connectivity index (χ1n) is 5.78. The summed E-state index contributed by atoms with van der Waals surface area (Å²) in [6.45, 7) is 2.11. The maximum atomic E-state index is 6.22. The Bertz CT molecular complexity index is 542. The van der Waals surface area contributed by atoms with E-state index in [1.165, 1.54) is 0 Å². The first-order chi connectivity index (χ1) is 8.59. The van der Waals surface area contributed by atoms with Gasteiger partial charge in [-0.2, -0.15) is 0 Å². The largest absolute Gasteiger partial charge is 0.384 e. The molecule has 0 amide bonds. The van der Waals surface area contributed by atoms with Crippen molar-refractivity contribution in [1.82, 2.24) is 4.98 Å². The third kappa shape index (κ3) is 2.57. The number of hydrogen-bond acceptors (Lipinski definition) is 3. The number of anilines is 2. The number of aromatic nitrogens is 1. The molecule has 1 atom stereocenters. The molecule has 0 bridgehead atoms. The molecule has 4 heteroatoms. The van der Waals surface area contributed by atoms with Crippen molar-refractivity contribution in [3.05, 3.63) is 53.2 Å². The molecule has 1 aromatic carbocycles. The van der Waals surface area contributed by atoms with Crippen molar-refractivity contribution >= 4 is 23.1 Å². The highest BCUT2D eigenvalue weighted by Gasteiger charge is 2.15. The fraction of sp³-hybridized carbons (Fsp3) is 0.214. The molecule has 0 spiro atoms. The molecule has 0 aliphatic carbocycles. The molecule has 2 aromatic rings. The van der Waals surface area contributed by atoms with Gasteiger partial charge in [0.05, 0.1) is 6.04 Å². The second kappa shape index (κ2) is 5.27. The fourth-order valence-corrected chi connectivity index (χ4v) is 2.20. The van der Waals surface area contributed by atoms with Gasteiger partial charge >= 0.3 is 0 Å². The summed E-state index contributed by atoms with van der Waals surface area (Å²) >= 11 is 6.22. The summed E-state index contributed by atoms with van der Waals surface area (Å²) in [7, 11) is 2.02. The molecule has 1 unspecified atom stereocenters. The molecule has 2 N–H and O–H groups in total. The van der Waals surface area contributed by atoms with Crippen molar-refractivity contribution in [1.29, 1.82) is 0 Å². The second-order valence-corrected chi connectivity index (χ2v) is 4.65. The van der Waals surface area contributed by atoms with Gasteiger partial charge in [0.15, 0.2) is 0 Å². The quantitative estimate of drug-likeness (QED) is 0.919. The SMILES string of the molecule is CC(c1ccccc1Cl)N(C)c1ccnc(N)c1. The monoisotopic (exact) mass is 261 g/mol. The predicted octanol–water partition coefficient (Wildman–Crippen LogP) is 3.51. The number of rotatable bonds is 3. The molecule has 3 nitrogen and oxygen atoms in total. The molecule has 18 heavy (non-hydrogen) atoms. The van der Waals surface area contributed by atoms with Crippen LogP contribution in [0.2, 0.25) is 5.02 Å². The average molecular weight is 262 g/mol. The van der Waals surface area contributed by atoms with Gasteiger partial charge in [0.2, 0.25) is 0 Å². The van der Waals surface area contributed by atoms with Crippen LogP contribution in [-0.2, 0) is 0 Å². The first kappa shape index (κ1) is 12.7. The third-order valence-electron chi connectivity index (χ3n) is 3.11. The molecular formula is C14H16ClN3. The molecule has 0 saturated carbocycles. The minimum absolute atomic E-state index is 0.167. The lowest BCUT2D eigenvalue weighted by molar-refractivity contribution is 0.740. The minimum Gasteiger partial charge on any atom is -0.384 e. The van der Waals surface area contributed by atoms with Crippen LogP contribution in [0.1, 0.15) is 18.5 Å². The molecule has 94 valence electrons. The zero-order chi connectivity index (χ0) is 13.1. The van der Waals surface area contributed by atoms with E-state index in [4.69, 9.17) is 17.3 Å². The number of nitrogen functional groups attached to an aromatic ring is 1. The maximum Gasteiger partial charge on any atom is 0.125 e. The molecule has 0 saturated heterocycles. The van der Waals surface area contributed by atoms with Crippen molar-refractivity contribution in [2.45, 2.75) is 13.0 Å². The van der Waals surface area contributed by atoms with E-state index in [0.717, 1.165) is 16.3 Å². The smallest absolute Gasteiger partial charge is 0.125 e. The molecule has 2 rings (SSSR count). The van der Waals surface area contributed by atoms with Crippen LogP contribution in [0.25, 0.3) is 0 Å². The number of hydrogen-bond donors (Lipinski definition) is 1. The molecule has 1 aromatic heterocycles. The zero-order valence-corrected chi connectivity index (χ0v) is 11.2. The van der Waals surface area contributed by atoms with Crippen molar-refractivity contribution < 1.29 is 0 Å². The first-order valence-corrected chi connectivity index (χ1v) is 6.16. The van der Waals surface area contributed by atoms with Crippen LogP contribution in [0.4, 0.5) is 11.5 Å². The van der Waals surface area contributed by atoms with Gasteiger partial charge in [-0.25, -0.2) is 4.98 Å². The van der Waals surface area contributed by atoms with Gasteiger partial charge in [0.25, 0.3) is 0 Å². The van der Waals surface area contributed by atoms with E-state index in [9.17, 15) is 0 Å². The van der Waals surface area contributed by atoms with Crippen LogP contribution in [0.5, 0.6) is 0 Å². The van der Waals surface area contributed by atoms with Gasteiger partial charge in [-0.1, -0.05) is 29.8 Å². The third-order valence-corrected chi connectivity index (χ3v) is 3.45. The Labute approximate surface area is 112 Å². The van der Waals surface area contributed by atoms with Crippen molar-refractivity contribution in [3.63, 3.8) is 0 Å². The Kier molecular flexibility index (Phi) is 3.72. The summed E-state index contributed by atoms with van der Waals surface area (Å²) in [6.07, 6.45) is 1.71. The van der Waals surface area contributed by atoms with E-state index >= 15 is 0 Å². The summed E-state index contributed by atoms with van der Waals surface area (Å²) in [4.78, 5) is 6.12. The predicted molar refractivity (Wildman–Crippen MR) is 76.9 cm³/mol. The standard InChI is InChI=1S/C14H16ClN3/c1-10(12-5-3-4-6-13(12)15)18(2)11-7-8-17-14(16)9-11/h3-10H,1-2H3,(H2,16,17). The lowest BCUT2D eigenvalue weighted by Gasteiger charge is -2.28. The lowest BCUT2D eigenvalue weighted by atomic mass is 10.1. The summed E-state index contributed by atoms with van der Waals surface area (Å²) in [5.41, 5.74) is 7.82. The van der Waals surface area contributed by atoms with Crippen molar-refractivity contribution in [2.75, 3.05) is 17.7 Å². The number of nitrogens with two attached hydrogens (primary N) is 1. The van der Waals surface area contributed by atoms with Crippen LogP contribution in [0.3, 0.4) is 0 Å². The van der Waals surface area contributed by atoms with Crippen LogP contribution >= 0.6 is 11.6 Å². The topological polar surface area (TPSA) is 42.2 Å². The normalized spacial score (nSPS) is 12.2. The van der Waals surface area contributed by atoms with E-state index in [0.29, 0.717) is 5.82 Å². The van der Waals surface area contributed by atoms with Crippen molar-refractivity contribution in [2.24, 2.45) is 0 Å². The van der Waals surface area contributed by atoms with Gasteiger partial charge in [-0.15, -0.1) is 0 Å². The molecule has 1 heterocycles. The van der Waals surface area contributed by atoms with Gasteiger partial charge in [-0.05, 0) is 24.6 Å².